The summed E-state index contributed by atoms with van der Waals surface area (Å²) in [6.45, 7) is 2.92. The van der Waals surface area contributed by atoms with E-state index in [1.54, 1.807) is 24.3 Å². The van der Waals surface area contributed by atoms with Crippen molar-refractivity contribution in [3.8, 4) is 0 Å². The minimum absolute atomic E-state index is 0.112. The van der Waals surface area contributed by atoms with Crippen molar-refractivity contribution < 1.29 is 34.6 Å². The van der Waals surface area contributed by atoms with Crippen molar-refractivity contribution in [1.82, 2.24) is 5.48 Å². The predicted molar refractivity (Wildman–Crippen MR) is 147 cm³/mol. The third-order valence-electron chi connectivity index (χ3n) is 5.22. The van der Waals surface area contributed by atoms with Crippen LogP contribution in [0.25, 0.3) is 0 Å². The summed E-state index contributed by atoms with van der Waals surface area (Å²) in [7, 11) is -1.71. The first-order valence-electron chi connectivity index (χ1n) is 13.1. The second-order valence-corrected chi connectivity index (χ2v) is 8.63. The Kier molecular flexibility index (Phi) is 23.1. The van der Waals surface area contributed by atoms with E-state index in [-0.39, 0.29) is 12.8 Å². The molecule has 0 atom stereocenters. The van der Waals surface area contributed by atoms with Gasteiger partial charge in [-0.1, -0.05) is 125 Å². The summed E-state index contributed by atoms with van der Waals surface area (Å²) in [6, 6.07) is 18.3. The minimum atomic E-state index is -1.71. The van der Waals surface area contributed by atoms with Gasteiger partial charge in [-0.25, -0.2) is 5.48 Å². The molecule has 0 fully saturated rings. The molecule has 0 amide bonds. The van der Waals surface area contributed by atoms with E-state index in [4.69, 9.17) is 20.3 Å². The standard InChI is InChI=1S/C12H28BNO3.2C8H8O2/c1-2-3-4-5-6-7-8-9-10-11-12-14-17-13(15)16;2*9-8(10)6-7-4-2-1-3-5-7/h14-16H,2-12H2,1H3;2*1-5H,6H2,(H,9,10). The Labute approximate surface area is 221 Å². The largest absolute Gasteiger partial charge is 0.651 e. The molecule has 0 aliphatic rings. The number of rotatable bonds is 17. The van der Waals surface area contributed by atoms with E-state index in [0.717, 1.165) is 17.5 Å². The fourth-order valence-electron chi connectivity index (χ4n) is 3.36. The fraction of sp³-hybridized carbons (Fsp3) is 0.500. The Morgan fingerprint density at radius 2 is 1.05 bits per heavy atom. The van der Waals surface area contributed by atoms with Crippen molar-refractivity contribution in [3.05, 3.63) is 71.8 Å². The summed E-state index contributed by atoms with van der Waals surface area (Å²) >= 11 is 0. The number of aliphatic carboxylic acids is 2. The molecule has 0 unspecified atom stereocenters. The van der Waals surface area contributed by atoms with Gasteiger partial charge in [0.15, 0.2) is 0 Å². The third kappa shape index (κ3) is 26.2. The maximum Gasteiger partial charge on any atom is 0.651 e. The highest BCUT2D eigenvalue weighted by Crippen LogP contribution is 2.10. The van der Waals surface area contributed by atoms with Crippen LogP contribution in [0.3, 0.4) is 0 Å². The molecule has 0 bridgehead atoms. The molecule has 206 valence electrons. The summed E-state index contributed by atoms with van der Waals surface area (Å²) < 4.78 is 4.39. The van der Waals surface area contributed by atoms with Crippen LogP contribution < -0.4 is 5.48 Å². The van der Waals surface area contributed by atoms with E-state index in [0.29, 0.717) is 6.54 Å². The molecule has 37 heavy (non-hydrogen) atoms. The van der Waals surface area contributed by atoms with Crippen molar-refractivity contribution in [2.24, 2.45) is 0 Å². The summed E-state index contributed by atoms with van der Waals surface area (Å²) in [5, 5.41) is 33.5. The van der Waals surface area contributed by atoms with Crippen molar-refractivity contribution in [2.75, 3.05) is 6.54 Å². The Balaban J connectivity index is 0.000000555. The number of carboxylic acids is 2. The molecule has 0 aliphatic heterocycles. The van der Waals surface area contributed by atoms with Gasteiger partial charge in [-0.15, -0.1) is 0 Å². The van der Waals surface area contributed by atoms with E-state index in [9.17, 15) is 9.59 Å². The number of nitrogens with one attached hydrogen (secondary N) is 1. The maximum absolute atomic E-state index is 10.2. The van der Waals surface area contributed by atoms with Crippen LogP contribution in [0.4, 0.5) is 0 Å². The highest BCUT2D eigenvalue weighted by atomic mass is 16.7. The van der Waals surface area contributed by atoms with Crippen LogP contribution in [0.5, 0.6) is 0 Å². The maximum atomic E-state index is 10.2. The van der Waals surface area contributed by atoms with Crippen LogP contribution in [0.2, 0.25) is 0 Å². The van der Waals surface area contributed by atoms with Gasteiger partial charge in [-0.3, -0.25) is 9.59 Å². The molecule has 0 saturated carbocycles. The molecule has 8 nitrogen and oxygen atoms in total. The first kappa shape index (κ1) is 34.3. The zero-order valence-corrected chi connectivity index (χ0v) is 22.1. The Bertz CT molecular complexity index is 740. The van der Waals surface area contributed by atoms with Gasteiger partial charge >= 0.3 is 19.3 Å². The molecular formula is C28H44BNO7. The zero-order chi connectivity index (χ0) is 27.6. The van der Waals surface area contributed by atoms with Crippen LogP contribution in [0.15, 0.2) is 60.7 Å². The molecular weight excluding hydrogens is 473 g/mol. The number of carbonyl (C=O) groups is 2. The minimum Gasteiger partial charge on any atom is -0.481 e. The van der Waals surface area contributed by atoms with Crippen molar-refractivity contribution >= 4 is 19.3 Å². The van der Waals surface area contributed by atoms with Gasteiger partial charge in [0, 0.05) is 6.54 Å². The Hall–Kier alpha value is -2.72. The van der Waals surface area contributed by atoms with Crippen molar-refractivity contribution in [1.29, 1.82) is 0 Å². The van der Waals surface area contributed by atoms with Gasteiger partial charge in [0.2, 0.25) is 0 Å². The number of hydrogen-bond donors (Lipinski definition) is 5. The lowest BCUT2D eigenvalue weighted by molar-refractivity contribution is -0.137. The number of unbranched alkanes of at least 4 members (excludes halogenated alkanes) is 9. The van der Waals surface area contributed by atoms with Crippen LogP contribution in [-0.4, -0.2) is 46.1 Å². The normalized spacial score (nSPS) is 9.92. The molecule has 2 rings (SSSR count). The monoisotopic (exact) mass is 517 g/mol. The zero-order valence-electron chi connectivity index (χ0n) is 22.1. The van der Waals surface area contributed by atoms with E-state index in [2.05, 4.69) is 17.2 Å². The molecule has 0 aliphatic carbocycles. The van der Waals surface area contributed by atoms with Gasteiger partial charge in [-0.2, -0.15) is 0 Å². The predicted octanol–water partition coefficient (Wildman–Crippen LogP) is 5.03. The molecule has 2 aromatic rings. The van der Waals surface area contributed by atoms with Crippen molar-refractivity contribution in [3.63, 3.8) is 0 Å². The first-order chi connectivity index (χ1) is 17.8. The fourth-order valence-corrected chi connectivity index (χ4v) is 3.36. The second kappa shape index (κ2) is 25.0. The third-order valence-corrected chi connectivity index (χ3v) is 5.22. The smallest absolute Gasteiger partial charge is 0.481 e. The summed E-state index contributed by atoms with van der Waals surface area (Å²) in [5.74, 6) is -1.57. The average molecular weight is 517 g/mol. The van der Waals surface area contributed by atoms with Crippen LogP contribution in [0, 0.1) is 0 Å². The quantitative estimate of drug-likeness (QED) is 0.112. The molecule has 2 aromatic carbocycles. The second-order valence-electron chi connectivity index (χ2n) is 8.63. The van der Waals surface area contributed by atoms with Crippen LogP contribution in [-0.2, 0) is 27.2 Å². The van der Waals surface area contributed by atoms with Gasteiger partial charge in [0.1, 0.15) is 0 Å². The lowest BCUT2D eigenvalue weighted by Gasteiger charge is -2.04. The highest BCUT2D eigenvalue weighted by Gasteiger charge is 2.06. The number of hydroxylamine groups is 1. The average Bonchev–Trinajstić information content (AvgIpc) is 2.86. The topological polar surface area (TPSA) is 136 Å². The van der Waals surface area contributed by atoms with Gasteiger partial charge in [-0.05, 0) is 17.5 Å². The Morgan fingerprint density at radius 1 is 0.676 bits per heavy atom. The SMILES string of the molecule is CCCCCCCCCCCCNOB(O)O.O=C(O)Cc1ccccc1.O=C(O)Cc1ccccc1. The van der Waals surface area contributed by atoms with E-state index >= 15 is 0 Å². The van der Waals surface area contributed by atoms with Gasteiger partial charge in [0.25, 0.3) is 0 Å². The molecule has 0 aromatic heterocycles. The molecule has 0 radical (unpaired) electrons. The van der Waals surface area contributed by atoms with E-state index in [1.807, 2.05) is 36.4 Å². The molecule has 0 spiro atoms. The van der Waals surface area contributed by atoms with Crippen LogP contribution in [0.1, 0.15) is 82.3 Å². The molecule has 0 heterocycles. The number of hydrogen-bond acceptors (Lipinski definition) is 6. The van der Waals surface area contributed by atoms with E-state index < -0.39 is 19.3 Å². The number of carboxylic acid groups (broad SMARTS) is 2. The highest BCUT2D eigenvalue weighted by molar-refractivity contribution is 6.32. The lowest BCUT2D eigenvalue weighted by atomic mass is 10.1. The molecule has 5 N–H and O–H groups in total. The van der Waals surface area contributed by atoms with Gasteiger partial charge in [0.05, 0.1) is 12.8 Å². The first-order valence-corrected chi connectivity index (χ1v) is 13.1. The van der Waals surface area contributed by atoms with Gasteiger partial charge < -0.3 is 25.0 Å². The molecule has 0 saturated heterocycles. The Morgan fingerprint density at radius 3 is 1.41 bits per heavy atom. The summed E-state index contributed by atoms with van der Waals surface area (Å²) in [5.41, 5.74) is 4.20. The summed E-state index contributed by atoms with van der Waals surface area (Å²) in [6.07, 6.45) is 13.2. The van der Waals surface area contributed by atoms with Crippen molar-refractivity contribution in [2.45, 2.75) is 84.0 Å². The summed E-state index contributed by atoms with van der Waals surface area (Å²) in [4.78, 5) is 20.3. The van der Waals surface area contributed by atoms with E-state index in [1.165, 1.54) is 57.8 Å². The lowest BCUT2D eigenvalue weighted by Crippen LogP contribution is -2.28. The number of benzene rings is 2. The van der Waals surface area contributed by atoms with Crippen LogP contribution >= 0.6 is 0 Å². The molecule has 9 heteroatoms.